The van der Waals surface area contributed by atoms with Crippen LogP contribution in [0, 0.1) is 0 Å². The summed E-state index contributed by atoms with van der Waals surface area (Å²) < 4.78 is 9.42. The molecule has 238 valence electrons. The maximum atomic E-state index is 6.89. The van der Waals surface area contributed by atoms with Gasteiger partial charge < -0.3 is 8.98 Å². The Bertz CT molecular complexity index is 3140. The molecule has 0 aliphatic heterocycles. The molecule has 51 heavy (non-hydrogen) atoms. The van der Waals surface area contributed by atoms with Crippen LogP contribution in [-0.2, 0) is 5.41 Å². The second-order valence-electron chi connectivity index (χ2n) is 14.8. The van der Waals surface area contributed by atoms with Crippen molar-refractivity contribution < 1.29 is 4.42 Å². The summed E-state index contributed by atoms with van der Waals surface area (Å²) in [4.78, 5) is 0. The van der Waals surface area contributed by atoms with Crippen LogP contribution in [-0.4, -0.2) is 4.57 Å². The molecule has 0 saturated carbocycles. The lowest BCUT2D eigenvalue weighted by atomic mass is 9.81. The highest BCUT2D eigenvalue weighted by atomic mass is 16.3. The summed E-state index contributed by atoms with van der Waals surface area (Å²) in [7, 11) is 0. The van der Waals surface area contributed by atoms with Crippen molar-refractivity contribution >= 4 is 54.5 Å². The number of hydrogen-bond acceptors (Lipinski definition) is 1. The van der Waals surface area contributed by atoms with Gasteiger partial charge in [-0.1, -0.05) is 141 Å². The zero-order chi connectivity index (χ0) is 33.6. The van der Waals surface area contributed by atoms with Gasteiger partial charge in [-0.25, -0.2) is 0 Å². The zero-order valence-electron chi connectivity index (χ0n) is 28.3. The van der Waals surface area contributed by atoms with Gasteiger partial charge in [-0.2, -0.15) is 0 Å². The molecule has 0 spiro atoms. The second kappa shape index (κ2) is 9.44. The van der Waals surface area contributed by atoms with E-state index in [9.17, 15) is 0 Å². The quantitative estimate of drug-likeness (QED) is 0.182. The van der Waals surface area contributed by atoms with Crippen molar-refractivity contribution in [3.8, 4) is 50.2 Å². The lowest BCUT2D eigenvalue weighted by molar-refractivity contribution is 0.620. The van der Waals surface area contributed by atoms with Crippen LogP contribution in [0.4, 0.5) is 0 Å². The average Bonchev–Trinajstić information content (AvgIpc) is 3.88. The van der Waals surface area contributed by atoms with Crippen LogP contribution in [0.15, 0.2) is 156 Å². The van der Waals surface area contributed by atoms with Crippen LogP contribution in [0.1, 0.15) is 25.0 Å². The van der Waals surface area contributed by atoms with E-state index < -0.39 is 0 Å². The molecular weight excluding hydrogens is 619 g/mol. The molecule has 8 aromatic carbocycles. The highest BCUT2D eigenvalue weighted by Gasteiger charge is 2.41. The monoisotopic (exact) mass is 649 g/mol. The zero-order valence-corrected chi connectivity index (χ0v) is 28.3. The maximum Gasteiger partial charge on any atom is 0.140 e. The molecule has 0 amide bonds. The van der Waals surface area contributed by atoms with Crippen molar-refractivity contribution in [3.05, 3.63) is 163 Å². The minimum atomic E-state index is -0.239. The Morgan fingerprint density at radius 1 is 0.490 bits per heavy atom. The third-order valence-corrected chi connectivity index (χ3v) is 11.9. The molecule has 0 atom stereocenters. The lowest BCUT2D eigenvalue weighted by Gasteiger charge is -2.22. The van der Waals surface area contributed by atoms with Gasteiger partial charge in [0.25, 0.3) is 0 Å². The number of rotatable bonds is 2. The molecule has 2 aromatic heterocycles. The van der Waals surface area contributed by atoms with Gasteiger partial charge in [0.05, 0.1) is 11.0 Å². The number of benzene rings is 8. The fourth-order valence-electron chi connectivity index (χ4n) is 9.81. The smallest absolute Gasteiger partial charge is 0.140 e. The number of nitrogens with zero attached hydrogens (tertiary/aromatic N) is 1. The minimum absolute atomic E-state index is 0.239. The van der Waals surface area contributed by atoms with Crippen molar-refractivity contribution in [1.82, 2.24) is 4.57 Å². The van der Waals surface area contributed by atoms with Crippen molar-refractivity contribution in [1.29, 1.82) is 0 Å². The van der Waals surface area contributed by atoms with Crippen LogP contribution in [0.3, 0.4) is 0 Å². The van der Waals surface area contributed by atoms with E-state index in [1.54, 1.807) is 0 Å². The first-order valence-corrected chi connectivity index (χ1v) is 17.9. The molecule has 12 rings (SSSR count). The largest absolute Gasteiger partial charge is 0.456 e. The molecule has 0 radical (unpaired) electrons. The first-order chi connectivity index (χ1) is 25.1. The number of fused-ring (bicyclic) bond motifs is 15. The summed E-state index contributed by atoms with van der Waals surface area (Å²) in [5.41, 5.74) is 18.2. The van der Waals surface area contributed by atoms with Crippen molar-refractivity contribution in [3.63, 3.8) is 0 Å². The van der Waals surface area contributed by atoms with E-state index in [-0.39, 0.29) is 5.41 Å². The molecule has 0 bridgehead atoms. The topological polar surface area (TPSA) is 18.1 Å². The van der Waals surface area contributed by atoms with Gasteiger partial charge in [-0.05, 0) is 79.5 Å². The summed E-state index contributed by atoms with van der Waals surface area (Å²) >= 11 is 0. The molecule has 0 unspecified atom stereocenters. The van der Waals surface area contributed by atoms with Crippen LogP contribution in [0.25, 0.3) is 105 Å². The lowest BCUT2D eigenvalue weighted by Crippen LogP contribution is -2.15. The summed E-state index contributed by atoms with van der Waals surface area (Å²) in [6.45, 7) is 4.72. The number of aromatic nitrogens is 1. The number of hydrogen-bond donors (Lipinski definition) is 0. The molecule has 0 saturated heterocycles. The Morgan fingerprint density at radius 2 is 1.14 bits per heavy atom. The highest BCUT2D eigenvalue weighted by Crippen LogP contribution is 2.58. The van der Waals surface area contributed by atoms with Gasteiger partial charge in [0.2, 0.25) is 0 Å². The third-order valence-electron chi connectivity index (χ3n) is 11.9. The first-order valence-electron chi connectivity index (χ1n) is 17.9. The standard InChI is InChI=1S/C49H31NO/c1-49(2)39-22-8-5-17-36(39)45-46(49)48-44(38-19-7-10-24-41(38)51-48)43-37-18-6-9-23-40(37)50(47(43)45)29-14-11-13-28(27-29)30-25-26-35-32-16-4-3-15-31(32)34-21-12-20-33(30)42(34)35/h3-27H,1-2H3. The van der Waals surface area contributed by atoms with Gasteiger partial charge in [-0.15, -0.1) is 0 Å². The molecule has 2 nitrogen and oxygen atoms in total. The Labute approximate surface area is 294 Å². The summed E-state index contributed by atoms with van der Waals surface area (Å²) in [6, 6.07) is 55.9. The Hall–Kier alpha value is -6.38. The molecular formula is C49H31NO. The SMILES string of the molecule is CC1(C)c2ccccc2-c2c1c1oc3ccccc3c1c1c3ccccc3n(-c3cccc(-c4ccc5c6c(cccc46)-c4ccccc4-5)c3)c21. The molecule has 2 heteroatoms. The molecule has 2 aliphatic carbocycles. The highest BCUT2D eigenvalue weighted by molar-refractivity contribution is 6.32. The Balaban J connectivity index is 1.21. The molecule has 0 N–H and O–H groups in total. The third kappa shape index (κ3) is 3.33. The number of furan rings is 1. The van der Waals surface area contributed by atoms with E-state index in [0.29, 0.717) is 0 Å². The fraction of sp³-hybridized carbons (Fsp3) is 0.0612. The molecule has 2 heterocycles. The van der Waals surface area contributed by atoms with Gasteiger partial charge >= 0.3 is 0 Å². The molecule has 2 aliphatic rings. The van der Waals surface area contributed by atoms with E-state index in [1.165, 1.54) is 93.6 Å². The Kier molecular flexibility index (Phi) is 5.08. The second-order valence-corrected chi connectivity index (χ2v) is 14.8. The van der Waals surface area contributed by atoms with Gasteiger partial charge in [0, 0.05) is 43.8 Å². The predicted octanol–water partition coefficient (Wildman–Crippen LogP) is 13.5. The summed E-state index contributed by atoms with van der Waals surface area (Å²) in [6.07, 6.45) is 0. The van der Waals surface area contributed by atoms with E-state index in [2.05, 4.69) is 170 Å². The van der Waals surface area contributed by atoms with Gasteiger partial charge in [0.1, 0.15) is 11.2 Å². The van der Waals surface area contributed by atoms with Crippen molar-refractivity contribution in [2.24, 2.45) is 0 Å². The molecule has 10 aromatic rings. The molecule has 0 fully saturated rings. The van der Waals surface area contributed by atoms with E-state index in [0.717, 1.165) is 22.2 Å². The van der Waals surface area contributed by atoms with E-state index in [1.807, 2.05) is 0 Å². The predicted molar refractivity (Wildman–Crippen MR) is 213 cm³/mol. The summed E-state index contributed by atoms with van der Waals surface area (Å²) in [5, 5.41) is 7.51. The van der Waals surface area contributed by atoms with Crippen LogP contribution in [0.5, 0.6) is 0 Å². The maximum absolute atomic E-state index is 6.89. The van der Waals surface area contributed by atoms with Gasteiger partial charge in [0.15, 0.2) is 0 Å². The van der Waals surface area contributed by atoms with Crippen LogP contribution >= 0.6 is 0 Å². The van der Waals surface area contributed by atoms with Crippen molar-refractivity contribution in [2.45, 2.75) is 19.3 Å². The average molecular weight is 650 g/mol. The normalized spacial score (nSPS) is 13.8. The number of para-hydroxylation sites is 2. The van der Waals surface area contributed by atoms with E-state index >= 15 is 0 Å². The van der Waals surface area contributed by atoms with Gasteiger partial charge in [-0.3, -0.25) is 0 Å². The minimum Gasteiger partial charge on any atom is -0.456 e. The Morgan fingerprint density at radius 3 is 2.00 bits per heavy atom. The van der Waals surface area contributed by atoms with Crippen LogP contribution < -0.4 is 0 Å². The van der Waals surface area contributed by atoms with Crippen LogP contribution in [0.2, 0.25) is 0 Å². The summed E-state index contributed by atoms with van der Waals surface area (Å²) in [5.74, 6) is 0. The first kappa shape index (κ1) is 27.4. The fourth-order valence-corrected chi connectivity index (χ4v) is 9.81. The van der Waals surface area contributed by atoms with E-state index in [4.69, 9.17) is 4.42 Å². The van der Waals surface area contributed by atoms with Crippen molar-refractivity contribution in [2.75, 3.05) is 0 Å².